The largest absolute Gasteiger partial charge is 0.444 e. The van der Waals surface area contributed by atoms with Crippen molar-refractivity contribution in [2.24, 2.45) is 0 Å². The first-order valence-electron chi connectivity index (χ1n) is 6.09. The Morgan fingerprint density at radius 2 is 2.22 bits per heavy atom. The Hall–Kier alpha value is -1.43. The van der Waals surface area contributed by atoms with E-state index < -0.39 is 0 Å². The molecule has 1 aromatic carbocycles. The van der Waals surface area contributed by atoms with Gasteiger partial charge in [-0.05, 0) is 24.1 Å². The maximum atomic E-state index is 6.12. The highest BCUT2D eigenvalue weighted by molar-refractivity contribution is 6.30. The summed E-state index contributed by atoms with van der Waals surface area (Å²) in [5.41, 5.74) is 1.83. The molecule has 1 atom stereocenters. The van der Waals surface area contributed by atoms with Gasteiger partial charge in [0, 0.05) is 30.0 Å². The second-order valence-electron chi connectivity index (χ2n) is 4.24. The first-order chi connectivity index (χ1) is 8.76. The number of fused-ring (bicyclic) bond motifs is 1. The van der Waals surface area contributed by atoms with Crippen LogP contribution in [0.25, 0.3) is 11.0 Å². The maximum Gasteiger partial charge on any atom is 0.199 e. The zero-order valence-corrected chi connectivity index (χ0v) is 11.1. The van der Waals surface area contributed by atoms with Crippen LogP contribution >= 0.6 is 11.6 Å². The fourth-order valence-corrected chi connectivity index (χ4v) is 2.23. The molecule has 94 valence electrons. The van der Waals surface area contributed by atoms with E-state index in [4.69, 9.17) is 22.4 Å². The molecule has 18 heavy (non-hydrogen) atoms. The van der Waals surface area contributed by atoms with Gasteiger partial charge in [-0.2, -0.15) is 0 Å². The van der Waals surface area contributed by atoms with Gasteiger partial charge in [0.2, 0.25) is 0 Å². The number of rotatable bonds is 5. The second kappa shape index (κ2) is 5.95. The number of halogens is 1. The van der Waals surface area contributed by atoms with Crippen molar-refractivity contribution in [1.29, 1.82) is 0 Å². The Balaban J connectivity index is 2.16. The summed E-state index contributed by atoms with van der Waals surface area (Å²) in [7, 11) is 0. The van der Waals surface area contributed by atoms with E-state index >= 15 is 0 Å². The molecule has 1 unspecified atom stereocenters. The van der Waals surface area contributed by atoms with E-state index in [0.29, 0.717) is 17.8 Å². The van der Waals surface area contributed by atoms with Gasteiger partial charge in [0.15, 0.2) is 5.22 Å². The summed E-state index contributed by atoms with van der Waals surface area (Å²) in [6, 6.07) is 8.18. The normalized spacial score (nSPS) is 12.5. The number of furan rings is 1. The lowest BCUT2D eigenvalue weighted by Gasteiger charge is -2.13. The molecule has 3 heteroatoms. The summed E-state index contributed by atoms with van der Waals surface area (Å²) >= 11 is 6.12. The van der Waals surface area contributed by atoms with E-state index in [1.165, 1.54) is 0 Å². The molecule has 2 rings (SSSR count). The van der Waals surface area contributed by atoms with Gasteiger partial charge >= 0.3 is 0 Å². The lowest BCUT2D eigenvalue weighted by Crippen LogP contribution is -2.27. The van der Waals surface area contributed by atoms with E-state index in [2.05, 4.69) is 18.2 Å². The van der Waals surface area contributed by atoms with E-state index in [0.717, 1.165) is 29.4 Å². The number of hydrogen-bond donors (Lipinski definition) is 1. The lowest BCUT2D eigenvalue weighted by molar-refractivity contribution is 0.504. The summed E-state index contributed by atoms with van der Waals surface area (Å²) in [5.74, 6) is 2.68. The quantitative estimate of drug-likeness (QED) is 0.824. The van der Waals surface area contributed by atoms with Crippen molar-refractivity contribution in [2.75, 3.05) is 0 Å². The molecule has 0 spiro atoms. The molecular weight excluding hydrogens is 246 g/mol. The van der Waals surface area contributed by atoms with Crippen LogP contribution in [0.5, 0.6) is 0 Å². The Labute approximate surface area is 112 Å². The van der Waals surface area contributed by atoms with Crippen LogP contribution in [0.1, 0.15) is 25.3 Å². The van der Waals surface area contributed by atoms with E-state index in [1.807, 2.05) is 24.3 Å². The molecule has 0 aliphatic carbocycles. The van der Waals surface area contributed by atoms with E-state index in [1.54, 1.807) is 0 Å². The van der Waals surface area contributed by atoms with Gasteiger partial charge in [-0.1, -0.05) is 25.1 Å². The van der Waals surface area contributed by atoms with Gasteiger partial charge < -0.3 is 9.73 Å². The van der Waals surface area contributed by atoms with Crippen molar-refractivity contribution < 1.29 is 4.42 Å². The van der Waals surface area contributed by atoms with Crippen LogP contribution in [-0.2, 0) is 6.54 Å². The Morgan fingerprint density at radius 1 is 1.44 bits per heavy atom. The predicted molar refractivity (Wildman–Crippen MR) is 75.6 cm³/mol. The molecule has 0 aliphatic heterocycles. The van der Waals surface area contributed by atoms with Gasteiger partial charge in [-0.15, -0.1) is 12.3 Å². The summed E-state index contributed by atoms with van der Waals surface area (Å²) in [6.45, 7) is 2.79. The molecule has 1 N–H and O–H groups in total. The molecule has 1 aromatic heterocycles. The highest BCUT2D eigenvalue weighted by Crippen LogP contribution is 2.29. The van der Waals surface area contributed by atoms with Crippen molar-refractivity contribution in [1.82, 2.24) is 5.32 Å². The topological polar surface area (TPSA) is 25.2 Å². The Morgan fingerprint density at radius 3 is 2.94 bits per heavy atom. The Kier molecular flexibility index (Phi) is 4.30. The number of para-hydroxylation sites is 1. The van der Waals surface area contributed by atoms with Crippen LogP contribution in [0, 0.1) is 12.3 Å². The zero-order chi connectivity index (χ0) is 13.0. The highest BCUT2D eigenvalue weighted by Gasteiger charge is 2.13. The molecular formula is C15H16ClNO. The predicted octanol–water partition coefficient (Wildman–Crippen LogP) is 3.98. The average Bonchev–Trinajstić information content (AvgIpc) is 2.70. The molecule has 2 aromatic rings. The molecule has 0 amide bonds. The number of terminal acetylenes is 1. The van der Waals surface area contributed by atoms with Crippen LogP contribution in [0.4, 0.5) is 0 Å². The van der Waals surface area contributed by atoms with E-state index in [-0.39, 0.29) is 0 Å². The second-order valence-corrected chi connectivity index (χ2v) is 4.59. The summed E-state index contributed by atoms with van der Waals surface area (Å²) in [5, 5.41) is 4.94. The van der Waals surface area contributed by atoms with Crippen molar-refractivity contribution in [2.45, 2.75) is 32.4 Å². The minimum atomic E-state index is 0.319. The summed E-state index contributed by atoms with van der Waals surface area (Å²) in [6.07, 6.45) is 7.06. The van der Waals surface area contributed by atoms with Crippen LogP contribution in [0.3, 0.4) is 0 Å². The number of benzene rings is 1. The smallest absolute Gasteiger partial charge is 0.199 e. The molecule has 0 saturated carbocycles. The van der Waals surface area contributed by atoms with Gasteiger partial charge in [-0.25, -0.2) is 0 Å². The van der Waals surface area contributed by atoms with Crippen molar-refractivity contribution in [3.8, 4) is 12.3 Å². The summed E-state index contributed by atoms with van der Waals surface area (Å²) in [4.78, 5) is 0. The highest BCUT2D eigenvalue weighted by atomic mass is 35.5. The SMILES string of the molecule is C#CCC(CC)NCc1c(Cl)oc2ccccc12. The third-order valence-corrected chi connectivity index (χ3v) is 3.38. The first kappa shape index (κ1) is 13.0. The van der Waals surface area contributed by atoms with Crippen LogP contribution < -0.4 is 5.32 Å². The minimum absolute atomic E-state index is 0.319. The lowest BCUT2D eigenvalue weighted by atomic mass is 10.1. The maximum absolute atomic E-state index is 6.12. The molecule has 0 saturated heterocycles. The van der Waals surface area contributed by atoms with Gasteiger partial charge in [-0.3, -0.25) is 0 Å². The first-order valence-corrected chi connectivity index (χ1v) is 6.46. The van der Waals surface area contributed by atoms with Crippen LogP contribution in [0.2, 0.25) is 5.22 Å². The Bertz CT molecular complexity index is 567. The monoisotopic (exact) mass is 261 g/mol. The minimum Gasteiger partial charge on any atom is -0.444 e. The molecule has 0 bridgehead atoms. The van der Waals surface area contributed by atoms with Gasteiger partial charge in [0.05, 0.1) is 0 Å². The molecule has 0 radical (unpaired) electrons. The summed E-state index contributed by atoms with van der Waals surface area (Å²) < 4.78 is 5.51. The molecule has 2 nitrogen and oxygen atoms in total. The molecule has 0 fully saturated rings. The fraction of sp³-hybridized carbons (Fsp3) is 0.333. The van der Waals surface area contributed by atoms with Crippen LogP contribution in [0.15, 0.2) is 28.7 Å². The van der Waals surface area contributed by atoms with Crippen molar-refractivity contribution in [3.05, 3.63) is 35.0 Å². The fourth-order valence-electron chi connectivity index (χ4n) is 1.98. The number of hydrogen-bond acceptors (Lipinski definition) is 2. The number of nitrogens with one attached hydrogen (secondary N) is 1. The van der Waals surface area contributed by atoms with Gasteiger partial charge in [0.1, 0.15) is 5.58 Å². The third kappa shape index (κ3) is 2.69. The molecule has 0 aliphatic rings. The van der Waals surface area contributed by atoms with E-state index in [9.17, 15) is 0 Å². The van der Waals surface area contributed by atoms with Crippen molar-refractivity contribution >= 4 is 22.6 Å². The standard InChI is InChI=1S/C15H16ClNO/c1-3-7-11(4-2)17-10-13-12-8-5-6-9-14(12)18-15(13)16/h1,5-6,8-9,11,17H,4,7,10H2,2H3. The third-order valence-electron chi connectivity index (χ3n) is 3.07. The average molecular weight is 262 g/mol. The van der Waals surface area contributed by atoms with Crippen LogP contribution in [-0.4, -0.2) is 6.04 Å². The molecule has 1 heterocycles. The van der Waals surface area contributed by atoms with Gasteiger partial charge in [0.25, 0.3) is 0 Å². The zero-order valence-electron chi connectivity index (χ0n) is 10.4. The van der Waals surface area contributed by atoms with Crippen molar-refractivity contribution in [3.63, 3.8) is 0 Å².